The zero-order valence-corrected chi connectivity index (χ0v) is 9.28. The predicted molar refractivity (Wildman–Crippen MR) is 54.2 cm³/mol. The second-order valence-corrected chi connectivity index (χ2v) is 4.79. The van der Waals surface area contributed by atoms with Crippen molar-refractivity contribution < 1.29 is 5.11 Å². The summed E-state index contributed by atoms with van der Waals surface area (Å²) in [6.45, 7) is 11.4. The monoisotopic (exact) mass is 172 g/mol. The van der Waals surface area contributed by atoms with Gasteiger partial charge in [0.2, 0.25) is 0 Å². The summed E-state index contributed by atoms with van der Waals surface area (Å²) in [6.07, 6.45) is 3.36. The van der Waals surface area contributed by atoms with Gasteiger partial charge in [-0.2, -0.15) is 0 Å². The third kappa shape index (κ3) is 2.22. The molecule has 1 atom stereocenters. The van der Waals surface area contributed by atoms with E-state index in [1.165, 1.54) is 0 Å². The van der Waals surface area contributed by atoms with Crippen molar-refractivity contribution in [2.75, 3.05) is 6.61 Å². The van der Waals surface area contributed by atoms with Crippen molar-refractivity contribution in [2.45, 2.75) is 53.9 Å². The molecule has 0 saturated heterocycles. The van der Waals surface area contributed by atoms with Crippen LogP contribution in [0.15, 0.2) is 0 Å². The van der Waals surface area contributed by atoms with E-state index in [-0.39, 0.29) is 10.8 Å². The maximum Gasteiger partial charge on any atom is 0.0492 e. The average molecular weight is 172 g/mol. The number of hydrogen-bond acceptors (Lipinski definition) is 1. The van der Waals surface area contributed by atoms with Gasteiger partial charge in [0.05, 0.1) is 0 Å². The molecular weight excluding hydrogens is 148 g/mol. The summed E-state index contributed by atoms with van der Waals surface area (Å²) in [4.78, 5) is 0. The van der Waals surface area contributed by atoms with Crippen molar-refractivity contribution in [1.82, 2.24) is 0 Å². The topological polar surface area (TPSA) is 20.2 Å². The smallest absolute Gasteiger partial charge is 0.0492 e. The molecule has 1 unspecified atom stereocenters. The van der Waals surface area contributed by atoms with Crippen LogP contribution < -0.4 is 0 Å². The molecule has 0 aliphatic rings. The summed E-state index contributed by atoms with van der Waals surface area (Å²) in [5, 5.41) is 9.44. The summed E-state index contributed by atoms with van der Waals surface area (Å²) in [6, 6.07) is 0. The zero-order chi connectivity index (χ0) is 9.83. The second kappa shape index (κ2) is 4.27. The minimum atomic E-state index is 0.127. The molecule has 0 heterocycles. The molecule has 1 N–H and O–H groups in total. The van der Waals surface area contributed by atoms with Gasteiger partial charge in [-0.05, 0) is 23.7 Å². The molecule has 0 rings (SSSR count). The molecular formula is C11H24O. The van der Waals surface area contributed by atoms with Gasteiger partial charge in [0.1, 0.15) is 0 Å². The average Bonchev–Trinajstić information content (AvgIpc) is 1.98. The van der Waals surface area contributed by atoms with Gasteiger partial charge in [0, 0.05) is 6.61 Å². The Bertz CT molecular complexity index is 117. The summed E-state index contributed by atoms with van der Waals surface area (Å²) >= 11 is 0. The largest absolute Gasteiger partial charge is 0.396 e. The lowest BCUT2D eigenvalue weighted by atomic mass is 9.63. The Morgan fingerprint density at radius 2 is 1.58 bits per heavy atom. The van der Waals surface area contributed by atoms with Crippen molar-refractivity contribution in [3.63, 3.8) is 0 Å². The number of aliphatic hydroxyl groups is 1. The molecule has 0 aromatic carbocycles. The molecule has 1 heteroatoms. The van der Waals surface area contributed by atoms with Crippen LogP contribution in [0.25, 0.3) is 0 Å². The van der Waals surface area contributed by atoms with Gasteiger partial charge in [-0.15, -0.1) is 0 Å². The highest BCUT2D eigenvalue weighted by Gasteiger charge is 2.38. The highest BCUT2D eigenvalue weighted by atomic mass is 16.3. The molecule has 12 heavy (non-hydrogen) atoms. The van der Waals surface area contributed by atoms with E-state index in [1.54, 1.807) is 0 Å². The highest BCUT2D eigenvalue weighted by molar-refractivity contribution is 4.88. The lowest BCUT2D eigenvalue weighted by Gasteiger charge is -2.43. The van der Waals surface area contributed by atoms with Crippen LogP contribution in [0.2, 0.25) is 0 Å². The lowest BCUT2D eigenvalue weighted by molar-refractivity contribution is 0.00261. The Labute approximate surface area is 77.2 Å². The molecule has 0 aliphatic heterocycles. The Morgan fingerprint density at radius 1 is 1.08 bits per heavy atom. The fraction of sp³-hybridized carbons (Fsp3) is 1.00. The Morgan fingerprint density at radius 3 is 1.67 bits per heavy atom. The van der Waals surface area contributed by atoms with Crippen LogP contribution in [0.1, 0.15) is 53.9 Å². The van der Waals surface area contributed by atoms with E-state index in [0.717, 1.165) is 19.3 Å². The van der Waals surface area contributed by atoms with Gasteiger partial charge in [-0.25, -0.2) is 0 Å². The Kier molecular flexibility index (Phi) is 4.25. The lowest BCUT2D eigenvalue weighted by Crippen LogP contribution is -2.38. The van der Waals surface area contributed by atoms with E-state index in [9.17, 15) is 5.11 Å². The molecule has 0 aliphatic carbocycles. The third-order valence-corrected chi connectivity index (χ3v) is 3.30. The van der Waals surface area contributed by atoms with Crippen LogP contribution in [-0.2, 0) is 0 Å². The second-order valence-electron chi connectivity index (χ2n) is 4.79. The van der Waals surface area contributed by atoms with Crippen molar-refractivity contribution in [2.24, 2.45) is 10.8 Å². The highest BCUT2D eigenvalue weighted by Crippen LogP contribution is 2.44. The Balaban J connectivity index is 4.57. The van der Waals surface area contributed by atoms with Gasteiger partial charge in [0.15, 0.2) is 0 Å². The van der Waals surface area contributed by atoms with Crippen LogP contribution >= 0.6 is 0 Å². The first-order valence-electron chi connectivity index (χ1n) is 5.04. The van der Waals surface area contributed by atoms with E-state index < -0.39 is 0 Å². The van der Waals surface area contributed by atoms with Crippen LogP contribution in [0.4, 0.5) is 0 Å². The molecule has 1 nitrogen and oxygen atoms in total. The van der Waals surface area contributed by atoms with Crippen LogP contribution in [0.5, 0.6) is 0 Å². The standard InChI is InChI=1S/C11H24O/c1-6-8-11(7-2,9-12)10(3,4)5/h12H,6-9H2,1-5H3. The van der Waals surface area contributed by atoms with E-state index in [2.05, 4.69) is 34.6 Å². The quantitative estimate of drug-likeness (QED) is 0.690. The number of hydrogen-bond donors (Lipinski definition) is 1. The molecule has 0 aromatic rings. The predicted octanol–water partition coefficient (Wildman–Crippen LogP) is 3.22. The minimum Gasteiger partial charge on any atom is -0.396 e. The Hall–Kier alpha value is -0.0400. The summed E-state index contributed by atoms with van der Waals surface area (Å²) in [7, 11) is 0. The van der Waals surface area contributed by atoms with Gasteiger partial charge >= 0.3 is 0 Å². The van der Waals surface area contributed by atoms with E-state index >= 15 is 0 Å². The minimum absolute atomic E-state index is 0.127. The van der Waals surface area contributed by atoms with Crippen molar-refractivity contribution in [1.29, 1.82) is 0 Å². The van der Waals surface area contributed by atoms with Crippen molar-refractivity contribution in [3.8, 4) is 0 Å². The number of rotatable bonds is 4. The summed E-state index contributed by atoms with van der Waals surface area (Å²) in [5.41, 5.74) is 0.342. The van der Waals surface area contributed by atoms with Gasteiger partial charge in [0.25, 0.3) is 0 Å². The SMILES string of the molecule is CCCC(CC)(CO)C(C)(C)C. The van der Waals surface area contributed by atoms with Gasteiger partial charge in [-0.1, -0.05) is 41.0 Å². The van der Waals surface area contributed by atoms with E-state index in [0.29, 0.717) is 6.61 Å². The maximum absolute atomic E-state index is 9.44. The zero-order valence-electron chi connectivity index (χ0n) is 9.28. The van der Waals surface area contributed by atoms with Gasteiger partial charge < -0.3 is 5.11 Å². The molecule has 0 amide bonds. The first-order chi connectivity index (χ1) is 5.43. The molecule has 0 fully saturated rings. The maximum atomic E-state index is 9.44. The molecule has 0 radical (unpaired) electrons. The number of aliphatic hydroxyl groups excluding tert-OH is 1. The first-order valence-corrected chi connectivity index (χ1v) is 5.04. The fourth-order valence-electron chi connectivity index (χ4n) is 1.99. The van der Waals surface area contributed by atoms with Crippen molar-refractivity contribution >= 4 is 0 Å². The third-order valence-electron chi connectivity index (χ3n) is 3.30. The molecule has 74 valence electrons. The van der Waals surface area contributed by atoms with Crippen LogP contribution in [-0.4, -0.2) is 11.7 Å². The molecule has 0 saturated carbocycles. The fourth-order valence-corrected chi connectivity index (χ4v) is 1.99. The first kappa shape index (κ1) is 12.0. The van der Waals surface area contributed by atoms with Crippen molar-refractivity contribution in [3.05, 3.63) is 0 Å². The van der Waals surface area contributed by atoms with Crippen LogP contribution in [0, 0.1) is 10.8 Å². The van der Waals surface area contributed by atoms with E-state index in [4.69, 9.17) is 0 Å². The van der Waals surface area contributed by atoms with E-state index in [1.807, 2.05) is 0 Å². The molecule has 0 bridgehead atoms. The molecule has 0 spiro atoms. The van der Waals surface area contributed by atoms with Gasteiger partial charge in [-0.3, -0.25) is 0 Å². The normalized spacial score (nSPS) is 17.5. The summed E-state index contributed by atoms with van der Waals surface area (Å²) in [5.74, 6) is 0. The molecule has 0 aromatic heterocycles. The summed E-state index contributed by atoms with van der Waals surface area (Å²) < 4.78 is 0. The van der Waals surface area contributed by atoms with Crippen LogP contribution in [0.3, 0.4) is 0 Å².